The summed E-state index contributed by atoms with van der Waals surface area (Å²) in [6.07, 6.45) is 2.90. The number of hydrogen-bond acceptors (Lipinski definition) is 3. The monoisotopic (exact) mass is 182 g/mol. The third-order valence-corrected chi connectivity index (χ3v) is 1.67. The van der Waals surface area contributed by atoms with Crippen LogP contribution in [0, 0.1) is 5.92 Å². The molecule has 0 aliphatic rings. The van der Waals surface area contributed by atoms with E-state index in [0.29, 0.717) is 0 Å². The maximum atomic E-state index is 11.0. The molecule has 1 atom stereocenters. The first-order valence-electron chi connectivity index (χ1n) is 3.85. The first kappa shape index (κ1) is 9.44. The average Bonchev–Trinajstić information content (AvgIpc) is 2.08. The summed E-state index contributed by atoms with van der Waals surface area (Å²) in [6.45, 7) is 1.70. The van der Waals surface area contributed by atoms with E-state index in [1.807, 2.05) is 0 Å². The zero-order valence-electron chi connectivity index (χ0n) is 7.17. The van der Waals surface area contributed by atoms with Gasteiger partial charge in [0.2, 0.25) is 0 Å². The van der Waals surface area contributed by atoms with Crippen LogP contribution in [0.5, 0.6) is 0 Å². The molecule has 1 heterocycles. The fourth-order valence-corrected chi connectivity index (χ4v) is 0.899. The van der Waals surface area contributed by atoms with Gasteiger partial charge in [-0.3, -0.25) is 9.36 Å². The summed E-state index contributed by atoms with van der Waals surface area (Å²) in [4.78, 5) is 25.0. The number of aliphatic carboxylic acids is 1. The number of carboxylic acid groups (broad SMARTS) is 1. The number of carbonyl (C=O) groups is 1. The van der Waals surface area contributed by atoms with E-state index >= 15 is 0 Å². The van der Waals surface area contributed by atoms with Gasteiger partial charge in [-0.15, -0.1) is 0 Å². The van der Waals surface area contributed by atoms with Gasteiger partial charge in [-0.2, -0.15) is 0 Å². The van der Waals surface area contributed by atoms with E-state index in [4.69, 9.17) is 5.11 Å². The fourth-order valence-electron chi connectivity index (χ4n) is 0.899. The number of carboxylic acids is 1. The van der Waals surface area contributed by atoms with Crippen LogP contribution in [0.2, 0.25) is 0 Å². The SMILES string of the molecule is CC(Cn1cccnc1=O)C(=O)O. The molecule has 1 rings (SSSR count). The molecule has 0 aromatic carbocycles. The largest absolute Gasteiger partial charge is 0.481 e. The highest BCUT2D eigenvalue weighted by molar-refractivity contribution is 5.69. The van der Waals surface area contributed by atoms with Gasteiger partial charge < -0.3 is 5.11 Å². The Morgan fingerprint density at radius 1 is 1.77 bits per heavy atom. The fraction of sp³-hybridized carbons (Fsp3) is 0.375. The van der Waals surface area contributed by atoms with E-state index < -0.39 is 17.6 Å². The van der Waals surface area contributed by atoms with Crippen molar-refractivity contribution in [3.05, 3.63) is 28.9 Å². The second-order valence-corrected chi connectivity index (χ2v) is 2.79. The number of rotatable bonds is 3. The molecule has 0 saturated heterocycles. The van der Waals surface area contributed by atoms with Crippen LogP contribution in [0.1, 0.15) is 6.92 Å². The van der Waals surface area contributed by atoms with E-state index in [9.17, 15) is 9.59 Å². The van der Waals surface area contributed by atoms with Gasteiger partial charge in [0, 0.05) is 18.9 Å². The Morgan fingerprint density at radius 3 is 3.00 bits per heavy atom. The van der Waals surface area contributed by atoms with Gasteiger partial charge in [-0.1, -0.05) is 6.92 Å². The first-order chi connectivity index (χ1) is 6.11. The van der Waals surface area contributed by atoms with E-state index in [1.54, 1.807) is 13.0 Å². The molecule has 0 aliphatic carbocycles. The quantitative estimate of drug-likeness (QED) is 0.712. The Morgan fingerprint density at radius 2 is 2.46 bits per heavy atom. The van der Waals surface area contributed by atoms with Crippen molar-refractivity contribution in [2.45, 2.75) is 13.5 Å². The van der Waals surface area contributed by atoms with Gasteiger partial charge >= 0.3 is 11.7 Å². The standard InChI is InChI=1S/C8H10N2O3/c1-6(7(11)12)5-10-4-2-3-9-8(10)13/h2-4,6H,5H2,1H3,(H,11,12). The molecule has 0 saturated carbocycles. The summed E-state index contributed by atoms with van der Waals surface area (Å²) in [5.41, 5.74) is -0.421. The van der Waals surface area contributed by atoms with Crippen LogP contribution in [0.15, 0.2) is 23.3 Å². The molecule has 5 nitrogen and oxygen atoms in total. The molecule has 1 N–H and O–H groups in total. The van der Waals surface area contributed by atoms with Crippen molar-refractivity contribution < 1.29 is 9.90 Å². The molecule has 0 aliphatic heterocycles. The third-order valence-electron chi connectivity index (χ3n) is 1.67. The lowest BCUT2D eigenvalue weighted by Gasteiger charge is -2.07. The van der Waals surface area contributed by atoms with Crippen molar-refractivity contribution in [2.75, 3.05) is 0 Å². The van der Waals surface area contributed by atoms with E-state index in [-0.39, 0.29) is 6.54 Å². The average molecular weight is 182 g/mol. The van der Waals surface area contributed by atoms with Gasteiger partial charge in [0.25, 0.3) is 0 Å². The molecule has 0 fully saturated rings. The topological polar surface area (TPSA) is 72.2 Å². The molecule has 0 amide bonds. The zero-order chi connectivity index (χ0) is 9.84. The molecule has 13 heavy (non-hydrogen) atoms. The van der Waals surface area contributed by atoms with Crippen molar-refractivity contribution in [2.24, 2.45) is 5.92 Å². The Bertz CT molecular complexity index is 358. The predicted octanol–water partition coefficient (Wildman–Crippen LogP) is -0.0360. The first-order valence-corrected chi connectivity index (χ1v) is 3.85. The minimum absolute atomic E-state index is 0.155. The third kappa shape index (κ3) is 2.40. The number of aromatic nitrogens is 2. The smallest absolute Gasteiger partial charge is 0.347 e. The predicted molar refractivity (Wildman–Crippen MR) is 45.3 cm³/mol. The van der Waals surface area contributed by atoms with Crippen LogP contribution in [0.4, 0.5) is 0 Å². The van der Waals surface area contributed by atoms with Crippen molar-refractivity contribution in [3.8, 4) is 0 Å². The van der Waals surface area contributed by atoms with Crippen LogP contribution in [0.3, 0.4) is 0 Å². The lowest BCUT2D eigenvalue weighted by Crippen LogP contribution is -2.27. The molecule has 1 aromatic rings. The molecule has 70 valence electrons. The summed E-state index contributed by atoms with van der Waals surface area (Å²) < 4.78 is 1.28. The molecule has 0 bridgehead atoms. The molecular formula is C8H10N2O3. The summed E-state index contributed by atoms with van der Waals surface area (Å²) in [5.74, 6) is -1.50. The Balaban J connectivity index is 2.81. The Kier molecular flexibility index (Phi) is 2.79. The highest BCUT2D eigenvalue weighted by atomic mass is 16.4. The zero-order valence-corrected chi connectivity index (χ0v) is 7.17. The Labute approximate surface area is 74.7 Å². The van der Waals surface area contributed by atoms with Crippen molar-refractivity contribution >= 4 is 5.97 Å². The summed E-state index contributed by atoms with van der Waals surface area (Å²) >= 11 is 0. The van der Waals surface area contributed by atoms with Crippen LogP contribution in [-0.4, -0.2) is 20.6 Å². The molecule has 1 aromatic heterocycles. The lowest BCUT2D eigenvalue weighted by atomic mass is 10.2. The molecule has 0 radical (unpaired) electrons. The summed E-state index contributed by atoms with van der Waals surface area (Å²) in [5, 5.41) is 8.60. The van der Waals surface area contributed by atoms with Crippen molar-refractivity contribution in [1.82, 2.24) is 9.55 Å². The van der Waals surface area contributed by atoms with E-state index in [1.165, 1.54) is 17.0 Å². The normalized spacial score (nSPS) is 12.4. The maximum absolute atomic E-state index is 11.0. The van der Waals surface area contributed by atoms with Crippen LogP contribution in [-0.2, 0) is 11.3 Å². The lowest BCUT2D eigenvalue weighted by molar-refractivity contribution is -0.141. The van der Waals surface area contributed by atoms with E-state index in [0.717, 1.165) is 0 Å². The number of hydrogen-bond donors (Lipinski definition) is 1. The van der Waals surface area contributed by atoms with Gasteiger partial charge in [-0.25, -0.2) is 9.78 Å². The highest BCUT2D eigenvalue weighted by Crippen LogP contribution is 1.97. The van der Waals surface area contributed by atoms with Gasteiger partial charge in [-0.05, 0) is 6.07 Å². The second kappa shape index (κ2) is 3.84. The number of nitrogens with zero attached hydrogens (tertiary/aromatic N) is 2. The summed E-state index contributed by atoms with van der Waals surface area (Å²) in [7, 11) is 0. The highest BCUT2D eigenvalue weighted by Gasteiger charge is 2.11. The minimum Gasteiger partial charge on any atom is -0.481 e. The summed E-state index contributed by atoms with van der Waals surface area (Å²) in [6, 6.07) is 1.59. The van der Waals surface area contributed by atoms with Crippen molar-refractivity contribution in [1.29, 1.82) is 0 Å². The van der Waals surface area contributed by atoms with Crippen LogP contribution >= 0.6 is 0 Å². The Hall–Kier alpha value is -1.65. The molecule has 5 heteroatoms. The molecule has 1 unspecified atom stereocenters. The van der Waals surface area contributed by atoms with Crippen molar-refractivity contribution in [3.63, 3.8) is 0 Å². The second-order valence-electron chi connectivity index (χ2n) is 2.79. The van der Waals surface area contributed by atoms with Gasteiger partial charge in [0.15, 0.2) is 0 Å². The van der Waals surface area contributed by atoms with Gasteiger partial charge in [0.05, 0.1) is 5.92 Å². The van der Waals surface area contributed by atoms with Gasteiger partial charge in [0.1, 0.15) is 0 Å². The maximum Gasteiger partial charge on any atom is 0.347 e. The molecule has 0 spiro atoms. The minimum atomic E-state index is -0.921. The van der Waals surface area contributed by atoms with Crippen LogP contribution < -0.4 is 5.69 Å². The molecular weight excluding hydrogens is 172 g/mol. The van der Waals surface area contributed by atoms with Crippen LogP contribution in [0.25, 0.3) is 0 Å². The van der Waals surface area contributed by atoms with E-state index in [2.05, 4.69) is 4.98 Å².